The molecule has 114 valence electrons. The third-order valence-electron chi connectivity index (χ3n) is 3.39. The van der Waals surface area contributed by atoms with Gasteiger partial charge >= 0.3 is 0 Å². The molecule has 0 aromatic carbocycles. The van der Waals surface area contributed by atoms with E-state index in [1.54, 1.807) is 12.4 Å². The number of hydrogen-bond donors (Lipinski definition) is 2. The number of halogens is 1. The summed E-state index contributed by atoms with van der Waals surface area (Å²) in [7, 11) is 4.09. The summed E-state index contributed by atoms with van der Waals surface area (Å²) in [5.74, 6) is 5.81. The maximum Gasteiger partial charge on any atom is 0.0907 e. The first kappa shape index (κ1) is 16.1. The minimum Gasteiger partial charge on any atom is -0.308 e. The Labute approximate surface area is 133 Å². The number of nitrogens with zero attached hydrogens (tertiary/aromatic N) is 4. The second-order valence-electron chi connectivity index (χ2n) is 5.18. The largest absolute Gasteiger partial charge is 0.308 e. The second-order valence-corrected chi connectivity index (χ2v) is 6.04. The van der Waals surface area contributed by atoms with Crippen molar-refractivity contribution in [1.82, 2.24) is 25.1 Å². The van der Waals surface area contributed by atoms with Crippen molar-refractivity contribution < 1.29 is 0 Å². The second kappa shape index (κ2) is 7.13. The van der Waals surface area contributed by atoms with Crippen LogP contribution in [0, 0.1) is 6.92 Å². The van der Waals surface area contributed by atoms with Crippen LogP contribution in [0.3, 0.4) is 0 Å². The van der Waals surface area contributed by atoms with E-state index in [2.05, 4.69) is 36.3 Å². The summed E-state index contributed by atoms with van der Waals surface area (Å²) in [6.45, 7) is 3.68. The fraction of sp³-hybridized carbons (Fsp3) is 0.429. The monoisotopic (exact) mass is 352 g/mol. The molecule has 0 bridgehead atoms. The van der Waals surface area contributed by atoms with Gasteiger partial charge < -0.3 is 4.90 Å². The lowest BCUT2D eigenvalue weighted by Gasteiger charge is -2.21. The van der Waals surface area contributed by atoms with Crippen LogP contribution in [0.15, 0.2) is 29.0 Å². The van der Waals surface area contributed by atoms with Crippen molar-refractivity contribution in [3.05, 3.63) is 46.0 Å². The van der Waals surface area contributed by atoms with Crippen molar-refractivity contribution in [3.8, 4) is 0 Å². The quantitative estimate of drug-likeness (QED) is 0.608. The predicted octanol–water partition coefficient (Wildman–Crippen LogP) is 1.46. The smallest absolute Gasteiger partial charge is 0.0907 e. The molecule has 0 aliphatic heterocycles. The van der Waals surface area contributed by atoms with Gasteiger partial charge in [-0.2, -0.15) is 5.10 Å². The standard InChI is InChI=1S/C14H21BrN6/c1-10-11(5-4-6-17-10)13(19-16)14-12(15)9-18-21(14)8-7-20(2)3/h4-6,9,13,19H,7-8,16H2,1-3H3. The predicted molar refractivity (Wildman–Crippen MR) is 86.6 cm³/mol. The van der Waals surface area contributed by atoms with Crippen LogP contribution in [0.2, 0.25) is 0 Å². The van der Waals surface area contributed by atoms with Crippen LogP contribution in [0.1, 0.15) is 23.0 Å². The van der Waals surface area contributed by atoms with Crippen molar-refractivity contribution in [3.63, 3.8) is 0 Å². The lowest BCUT2D eigenvalue weighted by atomic mass is 10.0. The van der Waals surface area contributed by atoms with Gasteiger partial charge in [-0.3, -0.25) is 15.5 Å². The summed E-state index contributed by atoms with van der Waals surface area (Å²) >= 11 is 3.57. The van der Waals surface area contributed by atoms with Crippen LogP contribution in [0.25, 0.3) is 0 Å². The van der Waals surface area contributed by atoms with Crippen molar-refractivity contribution in [1.29, 1.82) is 0 Å². The van der Waals surface area contributed by atoms with Crippen LogP contribution in [0.4, 0.5) is 0 Å². The average molecular weight is 353 g/mol. The third kappa shape index (κ3) is 3.68. The minimum absolute atomic E-state index is 0.155. The molecule has 1 atom stereocenters. The van der Waals surface area contributed by atoms with Gasteiger partial charge in [0, 0.05) is 18.4 Å². The van der Waals surface area contributed by atoms with E-state index < -0.39 is 0 Å². The van der Waals surface area contributed by atoms with E-state index >= 15 is 0 Å². The Bertz CT molecular complexity index is 595. The first-order valence-electron chi connectivity index (χ1n) is 6.78. The molecule has 0 aliphatic carbocycles. The van der Waals surface area contributed by atoms with Crippen LogP contribution >= 0.6 is 15.9 Å². The van der Waals surface area contributed by atoms with Crippen molar-refractivity contribution in [2.45, 2.75) is 19.5 Å². The molecule has 0 saturated heterocycles. The van der Waals surface area contributed by atoms with Gasteiger partial charge in [-0.25, -0.2) is 5.43 Å². The van der Waals surface area contributed by atoms with E-state index in [9.17, 15) is 0 Å². The fourth-order valence-electron chi connectivity index (χ4n) is 2.25. The van der Waals surface area contributed by atoms with E-state index in [4.69, 9.17) is 5.84 Å². The molecule has 0 amide bonds. The summed E-state index contributed by atoms with van der Waals surface area (Å²) in [6, 6.07) is 3.79. The molecule has 0 aliphatic rings. The molecule has 7 heteroatoms. The molecule has 0 saturated carbocycles. The number of pyridine rings is 1. The summed E-state index contributed by atoms with van der Waals surface area (Å²) in [4.78, 5) is 6.47. The molecule has 2 rings (SSSR count). The van der Waals surface area contributed by atoms with Crippen LogP contribution in [-0.4, -0.2) is 40.3 Å². The van der Waals surface area contributed by atoms with Crippen molar-refractivity contribution >= 4 is 15.9 Å². The highest BCUT2D eigenvalue weighted by molar-refractivity contribution is 9.10. The summed E-state index contributed by atoms with van der Waals surface area (Å²) in [5, 5.41) is 4.44. The summed E-state index contributed by atoms with van der Waals surface area (Å²) in [5.41, 5.74) is 5.90. The highest BCUT2D eigenvalue weighted by Crippen LogP contribution is 2.29. The van der Waals surface area contributed by atoms with E-state index in [-0.39, 0.29) is 6.04 Å². The zero-order valence-corrected chi connectivity index (χ0v) is 14.1. The maximum atomic E-state index is 5.81. The topological polar surface area (TPSA) is 72.0 Å². The molecular weight excluding hydrogens is 332 g/mol. The highest BCUT2D eigenvalue weighted by Gasteiger charge is 2.22. The van der Waals surface area contributed by atoms with Gasteiger partial charge in [0.15, 0.2) is 0 Å². The van der Waals surface area contributed by atoms with Gasteiger partial charge in [-0.15, -0.1) is 0 Å². The van der Waals surface area contributed by atoms with Gasteiger partial charge in [-0.1, -0.05) is 6.07 Å². The lowest BCUT2D eigenvalue weighted by Crippen LogP contribution is -2.32. The Kier molecular flexibility index (Phi) is 5.46. The molecule has 0 radical (unpaired) electrons. The Morgan fingerprint density at radius 2 is 2.24 bits per heavy atom. The Balaban J connectivity index is 2.38. The van der Waals surface area contributed by atoms with E-state index in [0.29, 0.717) is 0 Å². The zero-order valence-electron chi connectivity index (χ0n) is 12.5. The number of hydrogen-bond acceptors (Lipinski definition) is 5. The summed E-state index contributed by atoms with van der Waals surface area (Å²) < 4.78 is 2.91. The first-order chi connectivity index (χ1) is 10.0. The van der Waals surface area contributed by atoms with Crippen LogP contribution < -0.4 is 11.3 Å². The fourth-order valence-corrected chi connectivity index (χ4v) is 2.77. The number of nitrogens with two attached hydrogens (primary N) is 1. The number of rotatable bonds is 6. The number of aromatic nitrogens is 3. The molecule has 3 N–H and O–H groups in total. The number of hydrazine groups is 1. The molecular formula is C14H21BrN6. The molecule has 2 aromatic rings. The van der Waals surface area contributed by atoms with Gasteiger partial charge in [0.25, 0.3) is 0 Å². The van der Waals surface area contributed by atoms with Crippen molar-refractivity contribution in [2.75, 3.05) is 20.6 Å². The Hall–Kier alpha value is -1.28. The van der Waals surface area contributed by atoms with Crippen LogP contribution in [-0.2, 0) is 6.54 Å². The van der Waals surface area contributed by atoms with Gasteiger partial charge in [0.1, 0.15) is 0 Å². The van der Waals surface area contributed by atoms with E-state index in [1.807, 2.05) is 37.8 Å². The number of aryl methyl sites for hydroxylation is 1. The SMILES string of the molecule is Cc1ncccc1C(NN)c1c(Br)cnn1CCN(C)C. The zero-order chi connectivity index (χ0) is 15.4. The molecule has 21 heavy (non-hydrogen) atoms. The van der Waals surface area contributed by atoms with Crippen LogP contribution in [0.5, 0.6) is 0 Å². The minimum atomic E-state index is -0.155. The van der Waals surface area contributed by atoms with Gasteiger partial charge in [0.2, 0.25) is 0 Å². The molecule has 2 aromatic heterocycles. The lowest BCUT2D eigenvalue weighted by molar-refractivity contribution is 0.365. The molecule has 1 unspecified atom stereocenters. The van der Waals surface area contributed by atoms with E-state index in [1.165, 1.54) is 0 Å². The molecule has 2 heterocycles. The average Bonchev–Trinajstić information content (AvgIpc) is 2.81. The van der Waals surface area contributed by atoms with Gasteiger partial charge in [-0.05, 0) is 48.6 Å². The highest BCUT2D eigenvalue weighted by atomic mass is 79.9. The Morgan fingerprint density at radius 3 is 2.86 bits per heavy atom. The van der Waals surface area contributed by atoms with E-state index in [0.717, 1.165) is 34.5 Å². The van der Waals surface area contributed by atoms with Crippen molar-refractivity contribution in [2.24, 2.45) is 5.84 Å². The molecule has 0 spiro atoms. The van der Waals surface area contributed by atoms with Gasteiger partial charge in [0.05, 0.1) is 29.0 Å². The number of likely N-dealkylation sites (N-methyl/N-ethyl adjacent to an activating group) is 1. The maximum absolute atomic E-state index is 5.81. The Morgan fingerprint density at radius 1 is 1.48 bits per heavy atom. The number of nitrogens with one attached hydrogen (secondary N) is 1. The molecule has 0 fully saturated rings. The third-order valence-corrected chi connectivity index (χ3v) is 4.00. The molecule has 6 nitrogen and oxygen atoms in total. The summed E-state index contributed by atoms with van der Waals surface area (Å²) in [6.07, 6.45) is 3.59. The first-order valence-corrected chi connectivity index (χ1v) is 7.57. The normalized spacial score (nSPS) is 12.9.